The number of nitrogens with one attached hydrogen (secondary N) is 1. The first-order valence-electron chi connectivity index (χ1n) is 5.73. The van der Waals surface area contributed by atoms with Gasteiger partial charge < -0.3 is 5.32 Å². The maximum absolute atomic E-state index is 11.9. The summed E-state index contributed by atoms with van der Waals surface area (Å²) < 4.78 is 0. The molecule has 0 aliphatic heterocycles. The van der Waals surface area contributed by atoms with E-state index in [-0.39, 0.29) is 5.91 Å². The SMILES string of the molecule is CCC(Br)CCNC(=O)c1ccc(Cl)cc1C. The second kappa shape index (κ2) is 7.02. The van der Waals surface area contributed by atoms with Crippen LogP contribution in [0.15, 0.2) is 18.2 Å². The summed E-state index contributed by atoms with van der Waals surface area (Å²) in [7, 11) is 0. The Hall–Kier alpha value is -0.540. The Balaban J connectivity index is 2.52. The second-order valence-electron chi connectivity index (χ2n) is 4.01. The van der Waals surface area contributed by atoms with Crippen LogP contribution in [0.4, 0.5) is 0 Å². The molecule has 1 aromatic carbocycles. The summed E-state index contributed by atoms with van der Waals surface area (Å²) in [5.74, 6) is -0.0324. The van der Waals surface area contributed by atoms with Crippen molar-refractivity contribution >= 4 is 33.4 Å². The number of carbonyl (C=O) groups is 1. The fourth-order valence-electron chi connectivity index (χ4n) is 1.52. The summed E-state index contributed by atoms with van der Waals surface area (Å²) in [5, 5.41) is 3.57. The smallest absolute Gasteiger partial charge is 0.251 e. The van der Waals surface area contributed by atoms with E-state index in [9.17, 15) is 4.79 Å². The number of aryl methyl sites for hydroxylation is 1. The van der Waals surface area contributed by atoms with Gasteiger partial charge in [0, 0.05) is 22.0 Å². The third-order valence-electron chi connectivity index (χ3n) is 2.62. The largest absolute Gasteiger partial charge is 0.352 e. The second-order valence-corrected chi connectivity index (χ2v) is 5.74. The normalized spacial score (nSPS) is 12.2. The van der Waals surface area contributed by atoms with E-state index >= 15 is 0 Å². The molecular weight excluding hydrogens is 302 g/mol. The molecule has 0 fully saturated rings. The summed E-state index contributed by atoms with van der Waals surface area (Å²) in [6.07, 6.45) is 2.00. The van der Waals surface area contributed by atoms with Crippen LogP contribution in [0.3, 0.4) is 0 Å². The molecule has 0 radical (unpaired) electrons. The summed E-state index contributed by atoms with van der Waals surface area (Å²) in [6.45, 7) is 4.69. The molecule has 2 nitrogen and oxygen atoms in total. The standard InChI is InChI=1S/C13H17BrClNO/c1-3-10(14)6-7-16-13(17)12-5-4-11(15)8-9(12)2/h4-5,8,10H,3,6-7H2,1-2H3,(H,16,17). The maximum Gasteiger partial charge on any atom is 0.251 e. The number of hydrogen-bond donors (Lipinski definition) is 1. The van der Waals surface area contributed by atoms with E-state index in [1.807, 2.05) is 6.92 Å². The lowest BCUT2D eigenvalue weighted by molar-refractivity contribution is 0.0952. The minimum absolute atomic E-state index is 0.0324. The highest BCUT2D eigenvalue weighted by Crippen LogP contribution is 2.15. The number of hydrogen-bond acceptors (Lipinski definition) is 1. The zero-order valence-corrected chi connectivity index (χ0v) is 12.4. The molecule has 0 aromatic heterocycles. The van der Waals surface area contributed by atoms with E-state index < -0.39 is 0 Å². The van der Waals surface area contributed by atoms with Gasteiger partial charge >= 0.3 is 0 Å². The van der Waals surface area contributed by atoms with Gasteiger partial charge in [0.2, 0.25) is 0 Å². The summed E-state index contributed by atoms with van der Waals surface area (Å²) in [4.78, 5) is 12.3. The molecule has 1 atom stereocenters. The molecule has 1 unspecified atom stereocenters. The van der Waals surface area contributed by atoms with Crippen LogP contribution in [-0.2, 0) is 0 Å². The minimum Gasteiger partial charge on any atom is -0.352 e. The average molecular weight is 319 g/mol. The molecule has 0 spiro atoms. The van der Waals surface area contributed by atoms with Crippen molar-refractivity contribution in [2.45, 2.75) is 31.5 Å². The topological polar surface area (TPSA) is 29.1 Å². The fraction of sp³-hybridized carbons (Fsp3) is 0.462. The molecule has 1 amide bonds. The van der Waals surface area contributed by atoms with E-state index in [2.05, 4.69) is 28.2 Å². The molecule has 1 rings (SSSR count). The third kappa shape index (κ3) is 4.68. The first-order chi connectivity index (χ1) is 8.04. The van der Waals surface area contributed by atoms with Gasteiger partial charge in [-0.15, -0.1) is 0 Å². The highest BCUT2D eigenvalue weighted by Gasteiger charge is 2.09. The predicted molar refractivity (Wildman–Crippen MR) is 76.1 cm³/mol. The Morgan fingerprint density at radius 3 is 2.82 bits per heavy atom. The van der Waals surface area contributed by atoms with Crippen LogP contribution >= 0.6 is 27.5 Å². The van der Waals surface area contributed by atoms with Crippen molar-refractivity contribution in [1.82, 2.24) is 5.32 Å². The quantitative estimate of drug-likeness (QED) is 0.819. The van der Waals surface area contributed by atoms with E-state index in [1.54, 1.807) is 18.2 Å². The van der Waals surface area contributed by atoms with Crippen LogP contribution in [0.1, 0.15) is 35.7 Å². The van der Waals surface area contributed by atoms with Crippen LogP contribution in [0.25, 0.3) is 0 Å². The Morgan fingerprint density at radius 2 is 2.24 bits per heavy atom. The van der Waals surface area contributed by atoms with Crippen molar-refractivity contribution in [3.8, 4) is 0 Å². The molecule has 0 aliphatic rings. The number of benzene rings is 1. The molecule has 1 aromatic rings. The molecule has 0 saturated carbocycles. The van der Waals surface area contributed by atoms with E-state index in [4.69, 9.17) is 11.6 Å². The van der Waals surface area contributed by atoms with Crippen molar-refractivity contribution in [3.63, 3.8) is 0 Å². The average Bonchev–Trinajstić information content (AvgIpc) is 2.28. The first kappa shape index (κ1) is 14.5. The van der Waals surface area contributed by atoms with Crippen molar-refractivity contribution in [1.29, 1.82) is 0 Å². The van der Waals surface area contributed by atoms with Gasteiger partial charge in [-0.25, -0.2) is 0 Å². The molecule has 4 heteroatoms. The van der Waals surface area contributed by atoms with Crippen LogP contribution in [0, 0.1) is 6.92 Å². The van der Waals surface area contributed by atoms with Gasteiger partial charge in [-0.05, 0) is 43.5 Å². The zero-order valence-electron chi connectivity index (χ0n) is 10.1. The zero-order chi connectivity index (χ0) is 12.8. The van der Waals surface area contributed by atoms with Crippen molar-refractivity contribution in [2.75, 3.05) is 6.54 Å². The van der Waals surface area contributed by atoms with E-state index in [0.29, 0.717) is 22.0 Å². The van der Waals surface area contributed by atoms with Gasteiger partial charge in [-0.2, -0.15) is 0 Å². The van der Waals surface area contributed by atoms with E-state index in [0.717, 1.165) is 18.4 Å². The molecule has 0 heterocycles. The van der Waals surface area contributed by atoms with Gasteiger partial charge in [0.15, 0.2) is 0 Å². The van der Waals surface area contributed by atoms with Gasteiger partial charge in [-0.1, -0.05) is 34.5 Å². The predicted octanol–water partition coefficient (Wildman–Crippen LogP) is 3.94. The molecule has 0 saturated heterocycles. The lowest BCUT2D eigenvalue weighted by Crippen LogP contribution is -2.26. The van der Waals surface area contributed by atoms with Crippen LogP contribution in [0.2, 0.25) is 5.02 Å². The maximum atomic E-state index is 11.9. The molecular formula is C13H17BrClNO. The molecule has 17 heavy (non-hydrogen) atoms. The van der Waals surface area contributed by atoms with Gasteiger partial charge in [0.1, 0.15) is 0 Å². The number of carbonyl (C=O) groups excluding carboxylic acids is 1. The van der Waals surface area contributed by atoms with Gasteiger partial charge in [0.25, 0.3) is 5.91 Å². The number of amides is 1. The van der Waals surface area contributed by atoms with Gasteiger partial charge in [0.05, 0.1) is 0 Å². The van der Waals surface area contributed by atoms with Crippen LogP contribution in [0.5, 0.6) is 0 Å². The summed E-state index contributed by atoms with van der Waals surface area (Å²) in [6, 6.07) is 5.30. The molecule has 94 valence electrons. The van der Waals surface area contributed by atoms with Crippen molar-refractivity contribution in [2.24, 2.45) is 0 Å². The summed E-state index contributed by atoms with van der Waals surface area (Å²) >= 11 is 9.39. The first-order valence-corrected chi connectivity index (χ1v) is 7.02. The monoisotopic (exact) mass is 317 g/mol. The molecule has 0 aliphatic carbocycles. The summed E-state index contributed by atoms with van der Waals surface area (Å²) in [5.41, 5.74) is 1.60. The van der Waals surface area contributed by atoms with Crippen LogP contribution in [-0.4, -0.2) is 17.3 Å². The number of alkyl halides is 1. The highest BCUT2D eigenvalue weighted by atomic mass is 79.9. The Kier molecular flexibility index (Phi) is 6.00. The number of rotatable bonds is 5. The third-order valence-corrected chi connectivity index (χ3v) is 3.96. The Labute approximate surface area is 116 Å². The lowest BCUT2D eigenvalue weighted by atomic mass is 10.1. The van der Waals surface area contributed by atoms with Crippen molar-refractivity contribution < 1.29 is 4.79 Å². The Bertz CT molecular complexity index is 395. The number of halogens is 2. The molecule has 1 N–H and O–H groups in total. The molecule has 0 bridgehead atoms. The van der Waals surface area contributed by atoms with Crippen LogP contribution < -0.4 is 5.32 Å². The lowest BCUT2D eigenvalue weighted by Gasteiger charge is -2.10. The highest BCUT2D eigenvalue weighted by molar-refractivity contribution is 9.09. The van der Waals surface area contributed by atoms with Gasteiger partial charge in [-0.3, -0.25) is 4.79 Å². The van der Waals surface area contributed by atoms with E-state index in [1.165, 1.54) is 0 Å². The fourth-order valence-corrected chi connectivity index (χ4v) is 1.98. The minimum atomic E-state index is -0.0324. The Morgan fingerprint density at radius 1 is 1.53 bits per heavy atom. The van der Waals surface area contributed by atoms with Crippen molar-refractivity contribution in [3.05, 3.63) is 34.3 Å².